The van der Waals surface area contributed by atoms with E-state index >= 15 is 0 Å². The van der Waals surface area contributed by atoms with Crippen molar-refractivity contribution in [2.45, 2.75) is 53.9 Å². The van der Waals surface area contributed by atoms with E-state index in [1.165, 1.54) is 25.7 Å². The Labute approximate surface area is 66.0 Å². The Hall–Kier alpha value is 0. The second kappa shape index (κ2) is 3.41. The average molecular weight is 142 g/mol. The standard InChI is InChI=1S/C9H18.CH4/c1-8-4-6-9(2,3)7-5-8;/h8H,4-7H2,1-3H3;1H4. The largest absolute Gasteiger partial charge is 0.0776 e. The number of rotatable bonds is 0. The average Bonchev–Trinajstić information content (AvgIpc) is 1.78. The van der Waals surface area contributed by atoms with Gasteiger partial charge in [0.15, 0.2) is 0 Å². The SMILES string of the molecule is C.CC1CCC(C)(C)CC1. The molecule has 1 aliphatic rings. The van der Waals surface area contributed by atoms with Gasteiger partial charge in [-0.3, -0.25) is 0 Å². The van der Waals surface area contributed by atoms with E-state index in [4.69, 9.17) is 0 Å². The predicted octanol–water partition coefficient (Wildman–Crippen LogP) is 3.86. The molecule has 0 aliphatic heterocycles. The molecule has 0 spiro atoms. The summed E-state index contributed by atoms with van der Waals surface area (Å²) >= 11 is 0. The van der Waals surface area contributed by atoms with Gasteiger partial charge in [0.2, 0.25) is 0 Å². The lowest BCUT2D eigenvalue weighted by atomic mass is 9.74. The first-order chi connectivity index (χ1) is 4.10. The van der Waals surface area contributed by atoms with Crippen LogP contribution >= 0.6 is 0 Å². The molecule has 1 aliphatic carbocycles. The first-order valence-electron chi connectivity index (χ1n) is 4.10. The zero-order valence-electron chi connectivity index (χ0n) is 6.91. The van der Waals surface area contributed by atoms with Gasteiger partial charge in [0, 0.05) is 0 Å². The van der Waals surface area contributed by atoms with Crippen LogP contribution in [0.3, 0.4) is 0 Å². The lowest BCUT2D eigenvalue weighted by Gasteiger charge is -2.32. The van der Waals surface area contributed by atoms with Gasteiger partial charge >= 0.3 is 0 Å². The van der Waals surface area contributed by atoms with Gasteiger partial charge in [0.05, 0.1) is 0 Å². The fraction of sp³-hybridized carbons (Fsp3) is 1.00. The van der Waals surface area contributed by atoms with Gasteiger partial charge in [-0.2, -0.15) is 0 Å². The molecule has 1 rings (SSSR count). The van der Waals surface area contributed by atoms with Gasteiger partial charge in [-0.05, 0) is 24.2 Å². The molecular weight excluding hydrogens is 120 g/mol. The Bertz CT molecular complexity index is 82.2. The summed E-state index contributed by atoms with van der Waals surface area (Å²) in [6.45, 7) is 7.15. The summed E-state index contributed by atoms with van der Waals surface area (Å²) in [5.41, 5.74) is 0.659. The van der Waals surface area contributed by atoms with Crippen LogP contribution in [-0.4, -0.2) is 0 Å². The van der Waals surface area contributed by atoms with Gasteiger partial charge in [0.1, 0.15) is 0 Å². The molecule has 0 amide bonds. The summed E-state index contributed by atoms with van der Waals surface area (Å²) in [6, 6.07) is 0. The molecule has 0 N–H and O–H groups in total. The molecule has 1 fully saturated rings. The molecule has 0 atom stereocenters. The van der Waals surface area contributed by atoms with Gasteiger partial charge in [0.25, 0.3) is 0 Å². The molecule has 0 heterocycles. The van der Waals surface area contributed by atoms with Crippen molar-refractivity contribution in [3.05, 3.63) is 0 Å². The van der Waals surface area contributed by atoms with Crippen molar-refractivity contribution in [1.29, 1.82) is 0 Å². The van der Waals surface area contributed by atoms with Crippen LogP contribution in [0.4, 0.5) is 0 Å². The van der Waals surface area contributed by atoms with Crippen LogP contribution in [0.1, 0.15) is 53.9 Å². The van der Waals surface area contributed by atoms with Crippen molar-refractivity contribution in [1.82, 2.24) is 0 Å². The molecule has 62 valence electrons. The molecule has 0 aromatic carbocycles. The molecule has 0 radical (unpaired) electrons. The van der Waals surface area contributed by atoms with Crippen molar-refractivity contribution in [2.24, 2.45) is 11.3 Å². The fourth-order valence-electron chi connectivity index (χ4n) is 1.54. The maximum absolute atomic E-state index is 2.39. The van der Waals surface area contributed by atoms with Gasteiger partial charge < -0.3 is 0 Å². The third-order valence-electron chi connectivity index (χ3n) is 2.63. The molecular formula is C10H22. The summed E-state index contributed by atoms with van der Waals surface area (Å²) in [5.74, 6) is 0.998. The molecule has 0 unspecified atom stereocenters. The van der Waals surface area contributed by atoms with Crippen molar-refractivity contribution in [3.63, 3.8) is 0 Å². The molecule has 0 saturated heterocycles. The van der Waals surface area contributed by atoms with Crippen molar-refractivity contribution < 1.29 is 0 Å². The minimum atomic E-state index is 0. The molecule has 10 heavy (non-hydrogen) atoms. The van der Waals surface area contributed by atoms with E-state index in [2.05, 4.69) is 20.8 Å². The minimum absolute atomic E-state index is 0. The molecule has 1 saturated carbocycles. The molecule has 0 bridgehead atoms. The topological polar surface area (TPSA) is 0 Å². The first kappa shape index (κ1) is 10.0. The van der Waals surface area contributed by atoms with E-state index in [0.29, 0.717) is 5.41 Å². The normalized spacial score (nSPS) is 25.5. The van der Waals surface area contributed by atoms with Gasteiger partial charge in [-0.25, -0.2) is 0 Å². The fourth-order valence-corrected chi connectivity index (χ4v) is 1.54. The predicted molar refractivity (Wildman–Crippen MR) is 48.1 cm³/mol. The highest BCUT2D eigenvalue weighted by Crippen LogP contribution is 2.37. The lowest BCUT2D eigenvalue weighted by Crippen LogP contribution is -2.19. The Balaban J connectivity index is 0.000000810. The second-order valence-electron chi connectivity index (χ2n) is 4.35. The molecule has 0 aromatic rings. The lowest BCUT2D eigenvalue weighted by molar-refractivity contribution is 0.201. The van der Waals surface area contributed by atoms with Crippen LogP contribution in [-0.2, 0) is 0 Å². The third kappa shape index (κ3) is 2.72. The first-order valence-corrected chi connectivity index (χ1v) is 4.10. The summed E-state index contributed by atoms with van der Waals surface area (Å²) in [6.07, 6.45) is 5.78. The van der Waals surface area contributed by atoms with Crippen LogP contribution in [0.2, 0.25) is 0 Å². The number of hydrogen-bond acceptors (Lipinski definition) is 0. The van der Waals surface area contributed by atoms with E-state index in [9.17, 15) is 0 Å². The molecule has 0 heteroatoms. The highest BCUT2D eigenvalue weighted by atomic mass is 14.3. The van der Waals surface area contributed by atoms with Crippen LogP contribution in [0.5, 0.6) is 0 Å². The second-order valence-corrected chi connectivity index (χ2v) is 4.35. The van der Waals surface area contributed by atoms with E-state index in [-0.39, 0.29) is 7.43 Å². The van der Waals surface area contributed by atoms with E-state index in [1.807, 2.05) is 0 Å². The highest BCUT2D eigenvalue weighted by molar-refractivity contribution is 4.76. The highest BCUT2D eigenvalue weighted by Gasteiger charge is 2.23. The summed E-state index contributed by atoms with van der Waals surface area (Å²) < 4.78 is 0. The van der Waals surface area contributed by atoms with E-state index < -0.39 is 0 Å². The monoisotopic (exact) mass is 142 g/mol. The van der Waals surface area contributed by atoms with Crippen LogP contribution < -0.4 is 0 Å². The number of hydrogen-bond donors (Lipinski definition) is 0. The Morgan fingerprint density at radius 2 is 1.50 bits per heavy atom. The zero-order chi connectivity index (χ0) is 6.91. The van der Waals surface area contributed by atoms with Crippen molar-refractivity contribution in [3.8, 4) is 0 Å². The quantitative estimate of drug-likeness (QED) is 0.482. The summed E-state index contributed by atoms with van der Waals surface area (Å²) in [4.78, 5) is 0. The Morgan fingerprint density at radius 3 is 1.80 bits per heavy atom. The maximum atomic E-state index is 2.39. The van der Waals surface area contributed by atoms with Crippen molar-refractivity contribution >= 4 is 0 Å². The summed E-state index contributed by atoms with van der Waals surface area (Å²) in [5, 5.41) is 0. The molecule has 0 aromatic heterocycles. The van der Waals surface area contributed by atoms with E-state index in [1.54, 1.807) is 0 Å². The Morgan fingerprint density at radius 1 is 1.10 bits per heavy atom. The maximum Gasteiger partial charge on any atom is -0.0354 e. The van der Waals surface area contributed by atoms with Crippen LogP contribution in [0.25, 0.3) is 0 Å². The van der Waals surface area contributed by atoms with Gasteiger partial charge in [-0.1, -0.05) is 41.0 Å². The molecule has 0 nitrogen and oxygen atoms in total. The zero-order valence-corrected chi connectivity index (χ0v) is 6.91. The van der Waals surface area contributed by atoms with Crippen LogP contribution in [0.15, 0.2) is 0 Å². The summed E-state index contributed by atoms with van der Waals surface area (Å²) in [7, 11) is 0. The third-order valence-corrected chi connectivity index (χ3v) is 2.63. The van der Waals surface area contributed by atoms with E-state index in [0.717, 1.165) is 5.92 Å². The van der Waals surface area contributed by atoms with Gasteiger partial charge in [-0.15, -0.1) is 0 Å². The minimum Gasteiger partial charge on any atom is -0.0776 e. The van der Waals surface area contributed by atoms with Crippen LogP contribution in [0, 0.1) is 11.3 Å². The Kier molecular flexibility index (Phi) is 3.41. The van der Waals surface area contributed by atoms with Crippen molar-refractivity contribution in [2.75, 3.05) is 0 Å². The smallest absolute Gasteiger partial charge is 0.0354 e.